The third-order valence-corrected chi connectivity index (χ3v) is 7.80. The van der Waals surface area contributed by atoms with Crippen molar-refractivity contribution in [1.29, 1.82) is 0 Å². The van der Waals surface area contributed by atoms with Gasteiger partial charge in [-0.25, -0.2) is 18.4 Å². The molecule has 8 nitrogen and oxygen atoms in total. The van der Waals surface area contributed by atoms with Crippen LogP contribution in [-0.4, -0.2) is 54.8 Å². The van der Waals surface area contributed by atoms with E-state index in [0.29, 0.717) is 31.2 Å². The van der Waals surface area contributed by atoms with Gasteiger partial charge in [-0.05, 0) is 74.4 Å². The van der Waals surface area contributed by atoms with E-state index in [1.54, 1.807) is 6.82 Å². The zero-order chi connectivity index (χ0) is 28.0. The largest absolute Gasteiger partial charge is 0.437 e. The van der Waals surface area contributed by atoms with Gasteiger partial charge in [-0.1, -0.05) is 13.0 Å². The molecule has 1 atom stereocenters. The van der Waals surface area contributed by atoms with Crippen molar-refractivity contribution in [2.75, 3.05) is 13.2 Å². The number of fused-ring (bicyclic) bond motifs is 2. The van der Waals surface area contributed by atoms with Gasteiger partial charge in [0.1, 0.15) is 17.0 Å². The average Bonchev–Trinajstić information content (AvgIpc) is 3.54. The number of hydrogen-bond acceptors (Lipinski definition) is 6. The summed E-state index contributed by atoms with van der Waals surface area (Å²) in [5, 5.41) is 15.9. The summed E-state index contributed by atoms with van der Waals surface area (Å²) in [7, 11) is -0.568. The van der Waals surface area contributed by atoms with Crippen LogP contribution in [0.3, 0.4) is 0 Å². The van der Waals surface area contributed by atoms with Gasteiger partial charge in [0.25, 0.3) is 0 Å². The number of imidazole rings is 1. The predicted octanol–water partition coefficient (Wildman–Crippen LogP) is 5.86. The van der Waals surface area contributed by atoms with Crippen LogP contribution < -0.4 is 0 Å². The lowest BCUT2D eigenvalue weighted by molar-refractivity contribution is -0.0365. The first-order valence-corrected chi connectivity index (χ1v) is 13.7. The maximum absolute atomic E-state index is 14.5. The number of pyridine rings is 1. The third kappa shape index (κ3) is 4.78. The monoisotopic (exact) mass is 544 g/mol. The summed E-state index contributed by atoms with van der Waals surface area (Å²) in [6.45, 7) is 7.78. The fourth-order valence-electron chi connectivity index (χ4n) is 5.52. The summed E-state index contributed by atoms with van der Waals surface area (Å²) in [6, 6.07) is 8.17. The van der Waals surface area contributed by atoms with E-state index in [-0.39, 0.29) is 17.3 Å². The Bertz CT molecular complexity index is 1700. The Hall–Kier alpha value is -3.67. The van der Waals surface area contributed by atoms with Crippen LogP contribution in [0.2, 0.25) is 6.82 Å². The molecular formula is C29H31BF2N6O2. The number of nitrogens with one attached hydrogen (secondary N) is 1. The van der Waals surface area contributed by atoms with E-state index >= 15 is 0 Å². The molecule has 2 aromatic carbocycles. The predicted molar refractivity (Wildman–Crippen MR) is 151 cm³/mol. The number of hydrogen-bond donors (Lipinski definition) is 2. The Morgan fingerprint density at radius 3 is 2.80 bits per heavy atom. The van der Waals surface area contributed by atoms with Gasteiger partial charge in [0.15, 0.2) is 17.9 Å². The van der Waals surface area contributed by atoms with Gasteiger partial charge in [-0.2, -0.15) is 5.10 Å². The smallest absolute Gasteiger partial charge is 0.376 e. The van der Waals surface area contributed by atoms with E-state index in [9.17, 15) is 13.8 Å². The maximum atomic E-state index is 14.5. The molecule has 11 heteroatoms. The van der Waals surface area contributed by atoms with Crippen LogP contribution in [0.1, 0.15) is 43.5 Å². The molecule has 0 aliphatic carbocycles. The maximum Gasteiger partial charge on any atom is 0.376 e. The molecule has 6 rings (SSSR count). The summed E-state index contributed by atoms with van der Waals surface area (Å²) < 4.78 is 36.4. The molecule has 1 fully saturated rings. The molecule has 1 unspecified atom stereocenters. The second-order valence-electron chi connectivity index (χ2n) is 10.4. The van der Waals surface area contributed by atoms with Crippen LogP contribution in [-0.2, 0) is 11.3 Å². The molecule has 2 N–H and O–H groups in total. The van der Waals surface area contributed by atoms with Crippen LogP contribution in [0, 0.1) is 18.6 Å². The van der Waals surface area contributed by atoms with Gasteiger partial charge >= 0.3 is 7.05 Å². The van der Waals surface area contributed by atoms with Crippen molar-refractivity contribution in [3.63, 3.8) is 0 Å². The number of benzene rings is 2. The normalized spacial score (nSPS) is 15.9. The van der Waals surface area contributed by atoms with Crippen LogP contribution in [0.25, 0.3) is 44.6 Å². The summed E-state index contributed by atoms with van der Waals surface area (Å²) in [4.78, 5) is 14.0. The van der Waals surface area contributed by atoms with E-state index in [0.717, 1.165) is 58.5 Å². The Morgan fingerprint density at radius 1 is 1.20 bits per heavy atom. The topological polar surface area (TPSA) is 92.1 Å². The Labute approximate surface area is 231 Å². The molecule has 3 aromatic heterocycles. The fraction of sp³-hybridized carbons (Fsp3) is 0.345. The SMILES string of the molecule is CCN(Cc1cncc(-c2ccc3c(c2)c(-c2nc4c(F)cc(F)cc4[nH]2)nn3C2CCCCO2)c1C)B(C)O. The number of halogens is 2. The first kappa shape index (κ1) is 26.6. The number of H-pyrrole nitrogens is 1. The van der Waals surface area contributed by atoms with Crippen molar-refractivity contribution in [3.05, 3.63) is 65.5 Å². The zero-order valence-electron chi connectivity index (χ0n) is 22.8. The van der Waals surface area contributed by atoms with Crippen LogP contribution in [0.5, 0.6) is 0 Å². The Kier molecular flexibility index (Phi) is 7.12. The fourth-order valence-corrected chi connectivity index (χ4v) is 5.52. The summed E-state index contributed by atoms with van der Waals surface area (Å²) >= 11 is 0. The first-order valence-electron chi connectivity index (χ1n) is 13.7. The highest BCUT2D eigenvalue weighted by Gasteiger charge is 2.24. The summed E-state index contributed by atoms with van der Waals surface area (Å²) in [6.07, 6.45) is 6.34. The van der Waals surface area contributed by atoms with Gasteiger partial charge in [0.05, 0.1) is 11.0 Å². The van der Waals surface area contributed by atoms with Crippen molar-refractivity contribution in [3.8, 4) is 22.6 Å². The van der Waals surface area contributed by atoms with E-state index in [1.165, 1.54) is 6.07 Å². The quantitative estimate of drug-likeness (QED) is 0.250. The van der Waals surface area contributed by atoms with Gasteiger partial charge in [0.2, 0.25) is 0 Å². The second kappa shape index (κ2) is 10.7. The van der Waals surface area contributed by atoms with Crippen LogP contribution >= 0.6 is 0 Å². The molecule has 0 bridgehead atoms. The minimum atomic E-state index is -0.727. The number of ether oxygens (including phenoxy) is 1. The van der Waals surface area contributed by atoms with Crippen molar-refractivity contribution < 1.29 is 18.5 Å². The summed E-state index contributed by atoms with van der Waals surface area (Å²) in [5.74, 6) is -1.04. The van der Waals surface area contributed by atoms with Crippen molar-refractivity contribution in [2.24, 2.45) is 0 Å². The van der Waals surface area contributed by atoms with Crippen molar-refractivity contribution in [1.82, 2.24) is 29.5 Å². The van der Waals surface area contributed by atoms with E-state index in [1.807, 2.05) is 47.0 Å². The van der Waals surface area contributed by atoms with E-state index in [2.05, 4.69) is 21.9 Å². The second-order valence-corrected chi connectivity index (χ2v) is 10.4. The molecule has 206 valence electrons. The first-order chi connectivity index (χ1) is 19.3. The molecule has 0 amide bonds. The van der Waals surface area contributed by atoms with Gasteiger partial charge in [-0.15, -0.1) is 0 Å². The van der Waals surface area contributed by atoms with Crippen LogP contribution in [0.15, 0.2) is 42.7 Å². The molecular weight excluding hydrogens is 513 g/mol. The van der Waals surface area contributed by atoms with Gasteiger partial charge in [0, 0.05) is 42.6 Å². The molecule has 40 heavy (non-hydrogen) atoms. The summed E-state index contributed by atoms with van der Waals surface area (Å²) in [5.41, 5.74) is 5.74. The molecule has 5 aromatic rings. The average molecular weight is 544 g/mol. The molecule has 0 radical (unpaired) electrons. The standard InChI is InChI=1S/C29H31BF2N6O2/c1-4-37(30(3)39)16-19-14-33-15-22(17(19)2)18-8-9-25-21(11-18)27(36-38(25)26-7-5-6-10-40-26)29-34-24-13-20(31)12-23(32)28(24)35-29/h8-9,11-15,26,39H,4-7,10,16H2,1-3H3,(H,34,35). The van der Waals surface area contributed by atoms with Crippen molar-refractivity contribution in [2.45, 2.75) is 52.7 Å². The van der Waals surface area contributed by atoms with Gasteiger partial charge in [-0.3, -0.25) is 4.98 Å². The van der Waals surface area contributed by atoms with E-state index in [4.69, 9.17) is 9.84 Å². The number of aromatic amines is 1. The lowest BCUT2D eigenvalue weighted by Gasteiger charge is -2.23. The highest BCUT2D eigenvalue weighted by Crippen LogP contribution is 2.36. The molecule has 1 saturated heterocycles. The van der Waals surface area contributed by atoms with Crippen LogP contribution in [0.4, 0.5) is 8.78 Å². The molecule has 0 saturated carbocycles. The van der Waals surface area contributed by atoms with E-state index < -0.39 is 18.7 Å². The lowest BCUT2D eigenvalue weighted by atomic mass is 9.84. The highest BCUT2D eigenvalue weighted by molar-refractivity contribution is 6.45. The Balaban J connectivity index is 1.50. The molecule has 1 aliphatic heterocycles. The number of nitrogens with zero attached hydrogens (tertiary/aromatic N) is 5. The number of rotatable bonds is 7. The van der Waals surface area contributed by atoms with Gasteiger partial charge < -0.3 is 19.6 Å². The zero-order valence-corrected chi connectivity index (χ0v) is 22.8. The molecule has 0 spiro atoms. The minimum Gasteiger partial charge on any atom is -0.437 e. The lowest BCUT2D eigenvalue weighted by Crippen LogP contribution is -2.36. The Morgan fingerprint density at radius 2 is 2.05 bits per heavy atom. The molecule has 4 heterocycles. The molecule has 1 aliphatic rings. The van der Waals surface area contributed by atoms with Crippen molar-refractivity contribution >= 4 is 29.0 Å². The minimum absolute atomic E-state index is 0.0653. The third-order valence-electron chi connectivity index (χ3n) is 7.80. The highest BCUT2D eigenvalue weighted by atomic mass is 19.1. The number of aromatic nitrogens is 5.